The Kier molecular flexibility index (Phi) is 4.16. The van der Waals surface area contributed by atoms with E-state index in [1.807, 2.05) is 16.8 Å². The number of nitrogens with zero attached hydrogens (tertiary/aromatic N) is 3. The van der Waals surface area contributed by atoms with Crippen molar-refractivity contribution >= 4 is 28.4 Å². The molecule has 7 heteroatoms. The lowest BCUT2D eigenvalue weighted by molar-refractivity contribution is -0.213. The second kappa shape index (κ2) is 6.55. The van der Waals surface area contributed by atoms with Crippen LogP contribution in [0.3, 0.4) is 0 Å². The summed E-state index contributed by atoms with van der Waals surface area (Å²) in [7, 11) is 0. The van der Waals surface area contributed by atoms with Crippen molar-refractivity contribution in [1.29, 1.82) is 5.26 Å². The summed E-state index contributed by atoms with van der Waals surface area (Å²) >= 11 is 6.13. The van der Waals surface area contributed by atoms with Crippen LogP contribution >= 0.6 is 11.6 Å². The van der Waals surface area contributed by atoms with Crippen molar-refractivity contribution in [3.8, 4) is 6.07 Å². The molecule has 5 nitrogen and oxygen atoms in total. The van der Waals surface area contributed by atoms with Gasteiger partial charge in [-0.25, -0.2) is 4.39 Å². The third-order valence-corrected chi connectivity index (χ3v) is 6.99. The topological polar surface area (TPSA) is 70.7 Å². The fourth-order valence-electron chi connectivity index (χ4n) is 5.35. The van der Waals surface area contributed by atoms with E-state index in [4.69, 9.17) is 16.9 Å². The van der Waals surface area contributed by atoms with Gasteiger partial charge in [0.05, 0.1) is 34.8 Å². The maximum Gasteiger partial charge on any atom is 0.226 e. The van der Waals surface area contributed by atoms with Gasteiger partial charge in [0, 0.05) is 22.5 Å². The minimum Gasteiger partial charge on any atom is -0.349 e. The molecule has 3 aromatic rings. The molecule has 3 aliphatic carbocycles. The van der Waals surface area contributed by atoms with Gasteiger partial charge in [0.15, 0.2) is 0 Å². The number of halogens is 2. The minimum absolute atomic E-state index is 0.0276. The fraction of sp³-hybridized carbons (Fsp3) is 0.348. The molecule has 0 saturated heterocycles. The van der Waals surface area contributed by atoms with E-state index in [0.717, 1.165) is 36.7 Å². The van der Waals surface area contributed by atoms with Gasteiger partial charge in [0.2, 0.25) is 5.91 Å². The molecule has 30 heavy (non-hydrogen) atoms. The lowest BCUT2D eigenvalue weighted by Gasteiger charge is -2.69. The number of hydrogen-bond acceptors (Lipinski definition) is 3. The molecule has 3 saturated carbocycles. The zero-order valence-corrected chi connectivity index (χ0v) is 17.2. The van der Waals surface area contributed by atoms with Gasteiger partial charge in [0.1, 0.15) is 5.82 Å². The average Bonchev–Trinajstić information content (AvgIpc) is 3.04. The second-order valence-electron chi connectivity index (χ2n) is 8.83. The number of hydrogen-bond donors (Lipinski definition) is 1. The number of carbonyl (C=O) groups is 1. The normalized spacial score (nSPS) is 25.1. The van der Waals surface area contributed by atoms with Crippen molar-refractivity contribution in [2.75, 3.05) is 0 Å². The van der Waals surface area contributed by atoms with Gasteiger partial charge in [-0.2, -0.15) is 10.4 Å². The molecular weight excluding hydrogens is 403 g/mol. The van der Waals surface area contributed by atoms with Crippen LogP contribution in [0.1, 0.15) is 43.4 Å². The van der Waals surface area contributed by atoms with E-state index in [2.05, 4.69) is 16.5 Å². The first-order chi connectivity index (χ1) is 14.3. The number of nitrogens with one attached hydrogen (secondary N) is 1. The van der Waals surface area contributed by atoms with Gasteiger partial charge in [-0.1, -0.05) is 17.7 Å². The van der Waals surface area contributed by atoms with Crippen molar-refractivity contribution in [2.24, 2.45) is 10.8 Å². The molecule has 1 N–H and O–H groups in total. The highest BCUT2D eigenvalue weighted by Gasteiger charge is 2.71. The van der Waals surface area contributed by atoms with E-state index < -0.39 is 11.9 Å². The fourth-order valence-corrected chi connectivity index (χ4v) is 5.68. The number of amides is 1. The number of nitriles is 1. The van der Waals surface area contributed by atoms with Crippen LogP contribution in [-0.4, -0.2) is 15.7 Å². The van der Waals surface area contributed by atoms with E-state index >= 15 is 0 Å². The van der Waals surface area contributed by atoms with Crippen molar-refractivity contribution in [3.05, 3.63) is 64.6 Å². The Bertz CT molecular complexity index is 1190. The smallest absolute Gasteiger partial charge is 0.226 e. The third-order valence-electron chi connectivity index (χ3n) is 6.66. The van der Waals surface area contributed by atoms with E-state index in [1.165, 1.54) is 6.07 Å². The van der Waals surface area contributed by atoms with E-state index in [9.17, 15) is 9.18 Å². The van der Waals surface area contributed by atoms with Crippen LogP contribution in [0.5, 0.6) is 0 Å². The van der Waals surface area contributed by atoms with E-state index in [0.29, 0.717) is 16.1 Å². The standard InChI is InChI=1S/C23H20ClFN4O/c1-14(20-17(24)3-2-4-18(20)25)28-21(30)23-10-22(11-23,12-23)13-29-19-6-5-15(8-26)7-16(19)9-27-29/h2-7,9,14H,10-13H2,1H3,(H,28,30)/t14-,22?,23?/m0/s1. The van der Waals surface area contributed by atoms with Crippen LogP contribution in [0, 0.1) is 28.0 Å². The lowest BCUT2D eigenvalue weighted by Crippen LogP contribution is -2.69. The molecule has 0 radical (unpaired) electrons. The molecule has 2 aromatic carbocycles. The second-order valence-corrected chi connectivity index (χ2v) is 9.24. The highest BCUT2D eigenvalue weighted by molar-refractivity contribution is 6.31. The van der Waals surface area contributed by atoms with Crippen LogP contribution in [0.4, 0.5) is 4.39 Å². The molecule has 1 atom stereocenters. The number of aromatic nitrogens is 2. The molecule has 1 aromatic heterocycles. The maximum atomic E-state index is 14.1. The SMILES string of the molecule is C[C@H](NC(=O)C12CC(Cn3ncc4cc(C#N)ccc43)(C1)C2)c1c(F)cccc1Cl. The zero-order chi connectivity index (χ0) is 21.1. The highest BCUT2D eigenvalue weighted by atomic mass is 35.5. The van der Waals surface area contributed by atoms with Gasteiger partial charge in [0.25, 0.3) is 0 Å². The zero-order valence-electron chi connectivity index (χ0n) is 16.5. The van der Waals surface area contributed by atoms with Crippen molar-refractivity contribution < 1.29 is 9.18 Å². The van der Waals surface area contributed by atoms with Crippen LogP contribution in [0.15, 0.2) is 42.6 Å². The van der Waals surface area contributed by atoms with E-state index in [1.54, 1.807) is 31.3 Å². The number of carbonyl (C=O) groups excluding carboxylic acids is 1. The van der Waals surface area contributed by atoms with Gasteiger partial charge in [-0.3, -0.25) is 9.48 Å². The Morgan fingerprint density at radius 3 is 2.83 bits per heavy atom. The van der Waals surface area contributed by atoms with Gasteiger partial charge in [-0.15, -0.1) is 0 Å². The molecule has 1 heterocycles. The lowest BCUT2D eigenvalue weighted by atomic mass is 9.35. The minimum atomic E-state index is -0.486. The number of fused-ring (bicyclic) bond motifs is 1. The molecule has 1 amide bonds. The molecule has 3 fully saturated rings. The largest absolute Gasteiger partial charge is 0.349 e. The predicted molar refractivity (Wildman–Crippen MR) is 111 cm³/mol. The molecule has 0 aliphatic heterocycles. The Labute approximate surface area is 178 Å². The maximum absolute atomic E-state index is 14.1. The molecule has 152 valence electrons. The molecule has 3 aliphatic rings. The summed E-state index contributed by atoms with van der Waals surface area (Å²) in [4.78, 5) is 12.9. The summed E-state index contributed by atoms with van der Waals surface area (Å²) in [6, 6.07) is 11.8. The Morgan fingerprint density at radius 1 is 1.37 bits per heavy atom. The Balaban J connectivity index is 1.25. The van der Waals surface area contributed by atoms with Crippen molar-refractivity contribution in [3.63, 3.8) is 0 Å². The van der Waals surface area contributed by atoms with Crippen LogP contribution in [0.2, 0.25) is 5.02 Å². The first kappa shape index (κ1) is 19.1. The average molecular weight is 423 g/mol. The number of rotatable bonds is 5. The summed E-state index contributed by atoms with van der Waals surface area (Å²) in [5.41, 5.74) is 1.67. The van der Waals surface area contributed by atoms with Crippen LogP contribution in [0.25, 0.3) is 10.9 Å². The quantitative estimate of drug-likeness (QED) is 0.645. The first-order valence-electron chi connectivity index (χ1n) is 9.95. The highest BCUT2D eigenvalue weighted by Crippen LogP contribution is 2.74. The predicted octanol–water partition coefficient (Wildman–Crippen LogP) is 4.75. The number of benzene rings is 2. The van der Waals surface area contributed by atoms with Gasteiger partial charge < -0.3 is 5.32 Å². The van der Waals surface area contributed by atoms with Crippen LogP contribution < -0.4 is 5.32 Å². The Hall–Kier alpha value is -2.91. The Morgan fingerprint density at radius 2 is 2.13 bits per heavy atom. The molecule has 0 unspecified atom stereocenters. The molecule has 6 rings (SSSR count). The van der Waals surface area contributed by atoms with E-state index in [-0.39, 0.29) is 16.7 Å². The summed E-state index contributed by atoms with van der Waals surface area (Å²) in [6.07, 6.45) is 4.20. The van der Waals surface area contributed by atoms with Gasteiger partial charge >= 0.3 is 0 Å². The van der Waals surface area contributed by atoms with Crippen molar-refractivity contribution in [1.82, 2.24) is 15.1 Å². The van der Waals surface area contributed by atoms with Gasteiger partial charge in [-0.05, 0) is 61.9 Å². The van der Waals surface area contributed by atoms with Crippen molar-refractivity contribution in [2.45, 2.75) is 38.8 Å². The molecule has 2 bridgehead atoms. The summed E-state index contributed by atoms with van der Waals surface area (Å²) in [6.45, 7) is 2.51. The first-order valence-corrected chi connectivity index (χ1v) is 10.3. The summed E-state index contributed by atoms with van der Waals surface area (Å²) in [5, 5.41) is 17.8. The summed E-state index contributed by atoms with van der Waals surface area (Å²) in [5.74, 6) is -0.435. The third kappa shape index (κ3) is 2.80. The molecule has 0 spiro atoms. The summed E-state index contributed by atoms with van der Waals surface area (Å²) < 4.78 is 16.1. The molecular formula is C23H20ClFN4O. The monoisotopic (exact) mass is 422 g/mol. The van der Waals surface area contributed by atoms with Crippen LogP contribution in [-0.2, 0) is 11.3 Å².